The van der Waals surface area contributed by atoms with Crippen molar-refractivity contribution < 1.29 is 4.79 Å². The summed E-state index contributed by atoms with van der Waals surface area (Å²) >= 11 is 0. The topological polar surface area (TPSA) is 45.8 Å². The summed E-state index contributed by atoms with van der Waals surface area (Å²) < 4.78 is 0. The van der Waals surface area contributed by atoms with E-state index in [9.17, 15) is 4.79 Å². The highest BCUT2D eigenvalue weighted by atomic mass is 16.1. The molecule has 0 bridgehead atoms. The summed E-state index contributed by atoms with van der Waals surface area (Å²) in [5.74, 6) is 3.73. The van der Waals surface area contributed by atoms with Gasteiger partial charge < -0.3 is 0 Å². The molecular formula is C23H34N2O. The first-order valence-corrected chi connectivity index (χ1v) is 10.9. The standard InChI is InChI=1S/C23H34N2O/c1-21-10-7-16-17-4-5-19(20-9-13-24-25-20)22(17,2)11-8-18(16)23(21,3)12-6-15(26)14-21/h9,13,16-19H,4-8,10-12,14H2,1-3H3,(H,24,25)/t16?,17?,18?,19?,21-,22?,23?/m0/s1. The van der Waals surface area contributed by atoms with Gasteiger partial charge >= 0.3 is 0 Å². The van der Waals surface area contributed by atoms with Crippen LogP contribution >= 0.6 is 0 Å². The number of ketones is 1. The Hall–Kier alpha value is -1.12. The van der Waals surface area contributed by atoms with Gasteiger partial charge in [-0.3, -0.25) is 9.89 Å². The van der Waals surface area contributed by atoms with Crippen LogP contribution in [-0.4, -0.2) is 16.0 Å². The monoisotopic (exact) mass is 354 g/mol. The zero-order valence-corrected chi connectivity index (χ0v) is 16.7. The Labute approximate surface area is 157 Å². The normalized spacial score (nSPS) is 50.8. The van der Waals surface area contributed by atoms with Gasteiger partial charge in [-0.25, -0.2) is 0 Å². The molecule has 0 saturated heterocycles. The number of Topliss-reactive ketones (excluding diaryl/α,β-unsaturated/α-hetero) is 1. The second-order valence-electron chi connectivity index (χ2n) is 10.8. The average molecular weight is 355 g/mol. The van der Waals surface area contributed by atoms with Gasteiger partial charge in [0.05, 0.1) is 0 Å². The van der Waals surface area contributed by atoms with Crippen molar-refractivity contribution in [3.8, 4) is 0 Å². The highest BCUT2D eigenvalue weighted by molar-refractivity contribution is 5.80. The third-order valence-electron chi connectivity index (χ3n) is 10.1. The highest BCUT2D eigenvalue weighted by Gasteiger charge is 2.63. The minimum absolute atomic E-state index is 0.249. The number of hydrogen-bond donors (Lipinski definition) is 1. The van der Waals surface area contributed by atoms with Crippen molar-refractivity contribution in [3.05, 3.63) is 18.0 Å². The van der Waals surface area contributed by atoms with Crippen LogP contribution in [0.3, 0.4) is 0 Å². The Morgan fingerprint density at radius 2 is 1.88 bits per heavy atom. The molecule has 1 aromatic rings. The van der Waals surface area contributed by atoms with Crippen LogP contribution in [0.5, 0.6) is 0 Å². The number of fused-ring (bicyclic) bond motifs is 5. The van der Waals surface area contributed by atoms with E-state index in [4.69, 9.17) is 0 Å². The lowest BCUT2D eigenvalue weighted by molar-refractivity contribution is -0.161. The fourth-order valence-corrected chi connectivity index (χ4v) is 8.37. The van der Waals surface area contributed by atoms with E-state index in [1.807, 2.05) is 6.20 Å². The van der Waals surface area contributed by atoms with Crippen LogP contribution in [0.15, 0.2) is 12.3 Å². The van der Waals surface area contributed by atoms with Gasteiger partial charge in [0.25, 0.3) is 0 Å². The molecule has 1 aromatic heterocycles. The second-order valence-corrected chi connectivity index (χ2v) is 10.8. The number of nitrogens with zero attached hydrogens (tertiary/aromatic N) is 1. The minimum atomic E-state index is 0.249. The van der Waals surface area contributed by atoms with Crippen LogP contribution in [0.2, 0.25) is 0 Å². The summed E-state index contributed by atoms with van der Waals surface area (Å²) in [5, 5.41) is 7.53. The van der Waals surface area contributed by atoms with Gasteiger partial charge in [0.2, 0.25) is 0 Å². The minimum Gasteiger partial charge on any atom is -0.300 e. The van der Waals surface area contributed by atoms with E-state index in [2.05, 4.69) is 37.0 Å². The second kappa shape index (κ2) is 5.45. The van der Waals surface area contributed by atoms with Crippen LogP contribution < -0.4 is 0 Å². The molecule has 5 rings (SSSR count). The maximum Gasteiger partial charge on any atom is 0.133 e. The Morgan fingerprint density at radius 3 is 2.65 bits per heavy atom. The molecule has 4 saturated carbocycles. The van der Waals surface area contributed by atoms with E-state index >= 15 is 0 Å². The first-order chi connectivity index (χ1) is 12.4. The number of nitrogens with one attached hydrogen (secondary N) is 1. The summed E-state index contributed by atoms with van der Waals surface area (Å²) in [7, 11) is 0. The molecule has 0 aliphatic heterocycles. The summed E-state index contributed by atoms with van der Waals surface area (Å²) in [6.07, 6.45) is 12.7. The lowest BCUT2D eigenvalue weighted by Crippen LogP contribution is -2.57. The third kappa shape index (κ3) is 2.06. The van der Waals surface area contributed by atoms with Gasteiger partial charge in [-0.1, -0.05) is 20.8 Å². The predicted octanol–water partition coefficient (Wildman–Crippen LogP) is 5.50. The summed E-state index contributed by atoms with van der Waals surface area (Å²) in [4.78, 5) is 12.2. The Kier molecular flexibility index (Phi) is 3.57. The fourth-order valence-electron chi connectivity index (χ4n) is 8.37. The third-order valence-corrected chi connectivity index (χ3v) is 10.1. The molecule has 7 atom stereocenters. The van der Waals surface area contributed by atoms with Gasteiger partial charge in [0.15, 0.2) is 0 Å². The first-order valence-electron chi connectivity index (χ1n) is 10.9. The molecule has 6 unspecified atom stereocenters. The van der Waals surface area contributed by atoms with Crippen LogP contribution in [0, 0.1) is 34.0 Å². The molecule has 1 heterocycles. The number of carbonyl (C=O) groups is 1. The molecule has 142 valence electrons. The lowest BCUT2D eigenvalue weighted by atomic mass is 9.40. The van der Waals surface area contributed by atoms with E-state index in [1.165, 1.54) is 44.2 Å². The predicted molar refractivity (Wildman–Crippen MR) is 103 cm³/mol. The molecule has 0 aromatic carbocycles. The first kappa shape index (κ1) is 17.0. The summed E-state index contributed by atoms with van der Waals surface area (Å²) in [6.45, 7) is 7.57. The van der Waals surface area contributed by atoms with Crippen molar-refractivity contribution in [2.75, 3.05) is 0 Å². The zero-order valence-electron chi connectivity index (χ0n) is 16.7. The van der Waals surface area contributed by atoms with Crippen molar-refractivity contribution in [2.45, 2.75) is 84.5 Å². The fraction of sp³-hybridized carbons (Fsp3) is 0.826. The van der Waals surface area contributed by atoms with Crippen molar-refractivity contribution in [1.29, 1.82) is 0 Å². The van der Waals surface area contributed by atoms with Crippen molar-refractivity contribution in [3.63, 3.8) is 0 Å². The van der Waals surface area contributed by atoms with Gasteiger partial charge in [-0.15, -0.1) is 0 Å². The Bertz CT molecular complexity index is 712. The molecule has 4 aliphatic carbocycles. The smallest absolute Gasteiger partial charge is 0.133 e. The largest absolute Gasteiger partial charge is 0.300 e. The van der Waals surface area contributed by atoms with Crippen molar-refractivity contribution in [1.82, 2.24) is 10.2 Å². The maximum atomic E-state index is 12.2. The molecule has 0 radical (unpaired) electrons. The van der Waals surface area contributed by atoms with E-state index in [0.29, 0.717) is 22.5 Å². The number of aromatic nitrogens is 2. The average Bonchev–Trinajstić information content (AvgIpc) is 3.22. The number of aromatic amines is 1. The quantitative estimate of drug-likeness (QED) is 0.724. The van der Waals surface area contributed by atoms with Gasteiger partial charge in [-0.2, -0.15) is 5.10 Å². The van der Waals surface area contributed by atoms with Crippen molar-refractivity contribution in [2.24, 2.45) is 34.0 Å². The SMILES string of the molecule is CC12CCC3C(CC[C@@]4(C)CC(=O)CCC34C)C1CCC2c1ccn[nH]1. The molecule has 3 heteroatoms. The van der Waals surface area contributed by atoms with Crippen LogP contribution in [0.4, 0.5) is 0 Å². The number of carbonyl (C=O) groups excluding carboxylic acids is 1. The Balaban J connectivity index is 1.47. The molecular weight excluding hydrogens is 320 g/mol. The molecule has 0 spiro atoms. The van der Waals surface area contributed by atoms with E-state index < -0.39 is 0 Å². The van der Waals surface area contributed by atoms with E-state index in [0.717, 1.165) is 37.0 Å². The van der Waals surface area contributed by atoms with E-state index in [1.54, 1.807) is 0 Å². The maximum absolute atomic E-state index is 12.2. The summed E-state index contributed by atoms with van der Waals surface area (Å²) in [5.41, 5.74) is 2.42. The lowest BCUT2D eigenvalue weighted by Gasteiger charge is -2.64. The highest BCUT2D eigenvalue weighted by Crippen LogP contribution is 2.71. The van der Waals surface area contributed by atoms with Crippen LogP contribution in [0.25, 0.3) is 0 Å². The number of rotatable bonds is 1. The number of H-pyrrole nitrogens is 1. The van der Waals surface area contributed by atoms with E-state index in [-0.39, 0.29) is 5.41 Å². The molecule has 4 aliphatic rings. The zero-order chi connectivity index (χ0) is 18.2. The van der Waals surface area contributed by atoms with Crippen LogP contribution in [-0.2, 0) is 4.79 Å². The number of hydrogen-bond acceptors (Lipinski definition) is 2. The Morgan fingerprint density at radius 1 is 1.04 bits per heavy atom. The molecule has 0 amide bonds. The molecule has 4 fully saturated rings. The van der Waals surface area contributed by atoms with Gasteiger partial charge in [0, 0.05) is 30.7 Å². The molecule has 26 heavy (non-hydrogen) atoms. The van der Waals surface area contributed by atoms with Crippen molar-refractivity contribution >= 4 is 5.78 Å². The van der Waals surface area contributed by atoms with Gasteiger partial charge in [-0.05, 0) is 85.0 Å². The van der Waals surface area contributed by atoms with Crippen LogP contribution in [0.1, 0.15) is 90.2 Å². The molecule has 1 N–H and O–H groups in total. The van der Waals surface area contributed by atoms with Gasteiger partial charge in [0.1, 0.15) is 5.78 Å². The summed E-state index contributed by atoms with van der Waals surface area (Å²) in [6, 6.07) is 2.20. The molecule has 3 nitrogen and oxygen atoms in total.